The van der Waals surface area contributed by atoms with Crippen molar-refractivity contribution in [1.82, 2.24) is 0 Å². The third-order valence-electron chi connectivity index (χ3n) is 3.75. The Hall–Kier alpha value is -1.18. The van der Waals surface area contributed by atoms with Crippen LogP contribution in [-0.4, -0.2) is 5.78 Å². The van der Waals surface area contributed by atoms with Crippen LogP contribution in [-0.2, 0) is 6.42 Å². The second kappa shape index (κ2) is 3.94. The van der Waals surface area contributed by atoms with Gasteiger partial charge in [0.2, 0.25) is 0 Å². The first kappa shape index (κ1) is 12.3. The molecule has 92 valence electrons. The van der Waals surface area contributed by atoms with E-state index in [0.717, 1.165) is 18.4 Å². The van der Waals surface area contributed by atoms with E-state index in [4.69, 9.17) is 0 Å². The van der Waals surface area contributed by atoms with Crippen LogP contribution in [0.3, 0.4) is 0 Å². The van der Waals surface area contributed by atoms with Crippen molar-refractivity contribution in [1.29, 1.82) is 0 Å². The number of carbonyl (C=O) groups excluding carboxylic acids is 1. The third-order valence-corrected chi connectivity index (χ3v) is 3.75. The van der Waals surface area contributed by atoms with Gasteiger partial charge in [-0.25, -0.2) is 4.39 Å². The van der Waals surface area contributed by atoms with E-state index in [-0.39, 0.29) is 17.0 Å². The minimum absolute atomic E-state index is 0.0208. The number of carbonyl (C=O) groups is 1. The summed E-state index contributed by atoms with van der Waals surface area (Å²) in [4.78, 5) is 12.2. The summed E-state index contributed by atoms with van der Waals surface area (Å²) in [5.41, 5.74) is 2.86. The number of benzene rings is 1. The van der Waals surface area contributed by atoms with Gasteiger partial charge in [0.25, 0.3) is 0 Å². The third kappa shape index (κ3) is 2.13. The zero-order valence-electron chi connectivity index (χ0n) is 11.0. The fourth-order valence-electron chi connectivity index (χ4n) is 2.71. The molecule has 0 saturated heterocycles. The molecule has 0 aliphatic heterocycles. The van der Waals surface area contributed by atoms with E-state index in [1.54, 1.807) is 13.8 Å². The molecule has 1 aromatic rings. The molecule has 0 amide bonds. The zero-order valence-corrected chi connectivity index (χ0v) is 11.0. The normalized spacial score (nSPS) is 18.8. The first-order valence-corrected chi connectivity index (χ1v) is 6.13. The molecule has 1 nitrogen and oxygen atoms in total. The van der Waals surface area contributed by atoms with Crippen molar-refractivity contribution < 1.29 is 9.18 Å². The lowest BCUT2D eigenvalue weighted by Crippen LogP contribution is -2.15. The van der Waals surface area contributed by atoms with Gasteiger partial charge in [-0.3, -0.25) is 4.79 Å². The molecule has 0 atom stereocenters. The summed E-state index contributed by atoms with van der Waals surface area (Å²) in [5.74, 6) is -0.129. The Balaban J connectivity index is 2.60. The Morgan fingerprint density at radius 2 is 1.94 bits per heavy atom. The van der Waals surface area contributed by atoms with Gasteiger partial charge in [-0.1, -0.05) is 19.9 Å². The molecule has 1 aliphatic carbocycles. The summed E-state index contributed by atoms with van der Waals surface area (Å²) in [5, 5.41) is 0. The van der Waals surface area contributed by atoms with E-state index in [9.17, 15) is 9.18 Å². The molecular formula is C15H19FO. The molecule has 0 fully saturated rings. The SMILES string of the molecule is Cc1cc2c(c(C)c1F)C(=O)CC(C)(C)CC2. The predicted molar refractivity (Wildman–Crippen MR) is 66.9 cm³/mol. The second-order valence-electron chi connectivity index (χ2n) is 5.93. The first-order valence-electron chi connectivity index (χ1n) is 6.13. The molecule has 17 heavy (non-hydrogen) atoms. The highest BCUT2D eigenvalue weighted by Gasteiger charge is 2.30. The minimum atomic E-state index is -0.225. The Morgan fingerprint density at radius 3 is 2.59 bits per heavy atom. The Labute approximate surface area is 102 Å². The predicted octanol–water partition coefficient (Wildman–Crippen LogP) is 3.99. The molecule has 0 unspecified atom stereocenters. The molecule has 0 heterocycles. The van der Waals surface area contributed by atoms with E-state index in [2.05, 4.69) is 13.8 Å². The molecule has 0 saturated carbocycles. The lowest BCUT2D eigenvalue weighted by molar-refractivity contribution is 0.0933. The van der Waals surface area contributed by atoms with E-state index >= 15 is 0 Å². The summed E-state index contributed by atoms with van der Waals surface area (Å²) in [6.07, 6.45) is 2.37. The first-order chi connectivity index (χ1) is 7.82. The van der Waals surface area contributed by atoms with E-state index in [1.165, 1.54) is 0 Å². The van der Waals surface area contributed by atoms with Gasteiger partial charge in [-0.2, -0.15) is 0 Å². The second-order valence-corrected chi connectivity index (χ2v) is 5.93. The summed E-state index contributed by atoms with van der Waals surface area (Å²) < 4.78 is 13.9. The van der Waals surface area contributed by atoms with Crippen molar-refractivity contribution in [3.05, 3.63) is 34.1 Å². The van der Waals surface area contributed by atoms with Gasteiger partial charge in [0.1, 0.15) is 5.82 Å². The summed E-state index contributed by atoms with van der Waals surface area (Å²) in [6, 6.07) is 1.84. The monoisotopic (exact) mass is 234 g/mol. The largest absolute Gasteiger partial charge is 0.294 e. The molecule has 1 aromatic carbocycles. The van der Waals surface area contributed by atoms with Crippen LogP contribution in [0.5, 0.6) is 0 Å². The summed E-state index contributed by atoms with van der Waals surface area (Å²) in [6.45, 7) is 7.70. The van der Waals surface area contributed by atoms with Gasteiger partial charge in [0.15, 0.2) is 5.78 Å². The van der Waals surface area contributed by atoms with Crippen LogP contribution >= 0.6 is 0 Å². The smallest absolute Gasteiger partial charge is 0.164 e. The van der Waals surface area contributed by atoms with Gasteiger partial charge in [-0.05, 0) is 48.8 Å². The number of ketones is 1. The molecule has 0 spiro atoms. The maximum absolute atomic E-state index is 13.9. The van der Waals surface area contributed by atoms with Gasteiger partial charge >= 0.3 is 0 Å². The average Bonchev–Trinajstić information content (AvgIpc) is 2.32. The lowest BCUT2D eigenvalue weighted by atomic mass is 9.84. The van der Waals surface area contributed by atoms with Gasteiger partial charge < -0.3 is 0 Å². The summed E-state index contributed by atoms with van der Waals surface area (Å²) >= 11 is 0. The molecule has 0 radical (unpaired) electrons. The quantitative estimate of drug-likeness (QED) is 0.620. The van der Waals surface area contributed by atoms with Crippen LogP contribution in [0.2, 0.25) is 0 Å². The van der Waals surface area contributed by atoms with Crippen molar-refractivity contribution in [3.63, 3.8) is 0 Å². The van der Waals surface area contributed by atoms with Crippen LogP contribution < -0.4 is 0 Å². The van der Waals surface area contributed by atoms with Crippen molar-refractivity contribution in [2.75, 3.05) is 0 Å². The van der Waals surface area contributed by atoms with Gasteiger partial charge in [0, 0.05) is 12.0 Å². The van der Waals surface area contributed by atoms with Crippen LogP contribution in [0, 0.1) is 25.1 Å². The molecule has 2 rings (SSSR count). The van der Waals surface area contributed by atoms with Crippen LogP contribution in [0.4, 0.5) is 4.39 Å². The Bertz CT molecular complexity index is 486. The van der Waals surface area contributed by atoms with Gasteiger partial charge in [-0.15, -0.1) is 0 Å². The number of aryl methyl sites for hydroxylation is 2. The highest BCUT2D eigenvalue weighted by Crippen LogP contribution is 2.35. The van der Waals surface area contributed by atoms with Crippen LogP contribution in [0.1, 0.15) is 53.7 Å². The van der Waals surface area contributed by atoms with Crippen LogP contribution in [0.25, 0.3) is 0 Å². The standard InChI is InChI=1S/C15H19FO/c1-9-7-11-5-6-15(3,4)8-12(17)13(11)10(2)14(9)16/h7H,5-6,8H2,1-4H3. The molecule has 0 N–H and O–H groups in total. The number of fused-ring (bicyclic) bond motifs is 1. The Morgan fingerprint density at radius 1 is 1.29 bits per heavy atom. The van der Waals surface area contributed by atoms with E-state index in [0.29, 0.717) is 23.1 Å². The van der Waals surface area contributed by atoms with Crippen molar-refractivity contribution >= 4 is 5.78 Å². The minimum Gasteiger partial charge on any atom is -0.294 e. The van der Waals surface area contributed by atoms with E-state index in [1.807, 2.05) is 6.07 Å². The topological polar surface area (TPSA) is 17.1 Å². The molecular weight excluding hydrogens is 215 g/mol. The Kier molecular flexibility index (Phi) is 2.84. The highest BCUT2D eigenvalue weighted by atomic mass is 19.1. The zero-order chi connectivity index (χ0) is 12.8. The van der Waals surface area contributed by atoms with Crippen molar-refractivity contribution in [3.8, 4) is 0 Å². The molecule has 1 aliphatic rings. The highest BCUT2D eigenvalue weighted by molar-refractivity contribution is 5.99. The average molecular weight is 234 g/mol. The number of hydrogen-bond acceptors (Lipinski definition) is 1. The molecule has 2 heteroatoms. The summed E-state index contributed by atoms with van der Waals surface area (Å²) in [7, 11) is 0. The molecule has 0 aromatic heterocycles. The number of hydrogen-bond donors (Lipinski definition) is 0. The van der Waals surface area contributed by atoms with Crippen molar-refractivity contribution in [2.24, 2.45) is 5.41 Å². The number of Topliss-reactive ketones (excluding diaryl/α,β-unsaturated/α-hetero) is 1. The number of halogens is 1. The van der Waals surface area contributed by atoms with E-state index < -0.39 is 0 Å². The fraction of sp³-hybridized carbons (Fsp3) is 0.533. The van der Waals surface area contributed by atoms with Crippen molar-refractivity contribution in [2.45, 2.75) is 47.0 Å². The molecule has 0 bridgehead atoms. The maximum Gasteiger partial charge on any atom is 0.164 e. The van der Waals surface area contributed by atoms with Crippen LogP contribution in [0.15, 0.2) is 6.07 Å². The van der Waals surface area contributed by atoms with Gasteiger partial charge in [0.05, 0.1) is 0 Å². The lowest BCUT2D eigenvalue weighted by Gasteiger charge is -2.20. The fourth-order valence-corrected chi connectivity index (χ4v) is 2.71. The number of rotatable bonds is 0. The maximum atomic E-state index is 13.9.